The third-order valence-corrected chi connectivity index (χ3v) is 4.00. The summed E-state index contributed by atoms with van der Waals surface area (Å²) in [5.41, 5.74) is 1.88. The van der Waals surface area contributed by atoms with Gasteiger partial charge in [0.2, 0.25) is 0 Å². The lowest BCUT2D eigenvalue weighted by Gasteiger charge is -2.13. The molecule has 0 aliphatic heterocycles. The Bertz CT molecular complexity index is 1090. The summed E-state index contributed by atoms with van der Waals surface area (Å²) in [6.45, 7) is 0. The van der Waals surface area contributed by atoms with Crippen LogP contribution in [0, 0.1) is 0 Å². The van der Waals surface area contributed by atoms with E-state index in [1.807, 2.05) is 60.7 Å². The summed E-state index contributed by atoms with van der Waals surface area (Å²) in [4.78, 5) is 22.2. The molecule has 0 radical (unpaired) electrons. The van der Waals surface area contributed by atoms with Crippen LogP contribution in [0.1, 0.15) is 0 Å². The number of pyridine rings is 1. The van der Waals surface area contributed by atoms with Crippen molar-refractivity contribution in [3.8, 4) is 23.0 Å². The Kier molecular flexibility index (Phi) is 3.74. The number of nitrogens with zero attached hydrogens (tertiary/aromatic N) is 3. The van der Waals surface area contributed by atoms with Crippen LogP contribution in [0.3, 0.4) is 0 Å². The van der Waals surface area contributed by atoms with Gasteiger partial charge in [-0.3, -0.25) is 14.3 Å². The highest BCUT2D eigenvalue weighted by Crippen LogP contribution is 2.22. The Labute approximate surface area is 144 Å². The summed E-state index contributed by atoms with van der Waals surface area (Å²) in [5.74, 6) is 1.24. The van der Waals surface area contributed by atoms with Crippen LogP contribution in [-0.2, 0) is 0 Å². The first-order valence-corrected chi connectivity index (χ1v) is 7.85. The molecule has 2 heterocycles. The molecule has 0 atom stereocenters. The molecule has 2 aromatic carbocycles. The van der Waals surface area contributed by atoms with Crippen LogP contribution in [0.4, 0.5) is 0 Å². The quantitative estimate of drug-likeness (QED) is 0.577. The second-order valence-electron chi connectivity index (χ2n) is 5.51. The van der Waals surface area contributed by atoms with E-state index in [2.05, 4.69) is 4.98 Å². The van der Waals surface area contributed by atoms with Crippen LogP contribution < -0.4 is 10.3 Å². The number of methoxy groups -OCH3 is 1. The maximum atomic E-state index is 13.1. The minimum Gasteiger partial charge on any atom is -0.497 e. The van der Waals surface area contributed by atoms with E-state index in [9.17, 15) is 4.79 Å². The zero-order chi connectivity index (χ0) is 17.2. The Morgan fingerprint density at radius 1 is 0.920 bits per heavy atom. The number of rotatable bonds is 3. The average Bonchev–Trinajstić information content (AvgIpc) is 2.69. The molecule has 0 bridgehead atoms. The van der Waals surface area contributed by atoms with Crippen molar-refractivity contribution in [2.75, 3.05) is 7.11 Å². The molecule has 0 aliphatic rings. The molecule has 5 heteroatoms. The first kappa shape index (κ1) is 15.1. The minimum absolute atomic E-state index is 0.128. The van der Waals surface area contributed by atoms with Crippen molar-refractivity contribution in [3.05, 3.63) is 83.3 Å². The zero-order valence-electron chi connectivity index (χ0n) is 13.6. The van der Waals surface area contributed by atoms with Crippen LogP contribution in [0.2, 0.25) is 0 Å². The zero-order valence-corrected chi connectivity index (χ0v) is 13.6. The Balaban J connectivity index is 2.06. The van der Waals surface area contributed by atoms with Gasteiger partial charge in [0, 0.05) is 6.20 Å². The number of benzene rings is 2. The summed E-state index contributed by atoms with van der Waals surface area (Å²) >= 11 is 0. The van der Waals surface area contributed by atoms with Crippen molar-refractivity contribution in [1.82, 2.24) is 14.5 Å². The molecule has 2 aromatic heterocycles. The van der Waals surface area contributed by atoms with Crippen molar-refractivity contribution in [2.24, 2.45) is 0 Å². The number of hydrogen-bond acceptors (Lipinski definition) is 4. The fourth-order valence-electron chi connectivity index (χ4n) is 2.77. The van der Waals surface area contributed by atoms with Gasteiger partial charge in [-0.1, -0.05) is 18.2 Å². The van der Waals surface area contributed by atoms with Gasteiger partial charge in [0.15, 0.2) is 5.82 Å². The molecule has 0 N–H and O–H groups in total. The lowest BCUT2D eigenvalue weighted by Crippen LogP contribution is -2.22. The highest BCUT2D eigenvalue weighted by atomic mass is 16.5. The number of para-hydroxylation sites is 1. The standard InChI is InChI=1S/C20H15N3O2/c1-25-15-11-9-14(10-12-15)23-19(18-8-4-5-13-21-18)22-17-7-3-2-6-16(17)20(23)24/h2-13H,1H3. The van der Waals surface area contributed by atoms with E-state index >= 15 is 0 Å². The van der Waals surface area contributed by atoms with E-state index < -0.39 is 0 Å². The third-order valence-electron chi connectivity index (χ3n) is 4.00. The molecule has 0 fully saturated rings. The number of fused-ring (bicyclic) bond motifs is 1. The highest BCUT2D eigenvalue weighted by molar-refractivity contribution is 5.80. The summed E-state index contributed by atoms with van der Waals surface area (Å²) in [7, 11) is 1.61. The lowest BCUT2D eigenvalue weighted by molar-refractivity contribution is 0.414. The van der Waals surface area contributed by atoms with Gasteiger partial charge in [0.25, 0.3) is 5.56 Å². The second kappa shape index (κ2) is 6.20. The van der Waals surface area contributed by atoms with Gasteiger partial charge in [-0.2, -0.15) is 0 Å². The van der Waals surface area contributed by atoms with E-state index in [4.69, 9.17) is 9.72 Å². The van der Waals surface area contributed by atoms with Crippen molar-refractivity contribution in [2.45, 2.75) is 0 Å². The van der Waals surface area contributed by atoms with E-state index in [0.29, 0.717) is 28.1 Å². The lowest BCUT2D eigenvalue weighted by atomic mass is 10.2. The Hall–Kier alpha value is -3.47. The first-order valence-electron chi connectivity index (χ1n) is 7.85. The molecule has 0 spiro atoms. The van der Waals surface area contributed by atoms with Gasteiger partial charge in [-0.15, -0.1) is 0 Å². The first-order chi connectivity index (χ1) is 12.3. The average molecular weight is 329 g/mol. The van der Waals surface area contributed by atoms with Gasteiger partial charge in [0.05, 0.1) is 23.7 Å². The SMILES string of the molecule is COc1ccc(-n2c(-c3ccccn3)nc3ccccc3c2=O)cc1. The maximum absolute atomic E-state index is 13.1. The normalized spacial score (nSPS) is 10.8. The largest absolute Gasteiger partial charge is 0.497 e. The molecule has 0 saturated carbocycles. The predicted octanol–water partition coefficient (Wildman–Crippen LogP) is 3.46. The highest BCUT2D eigenvalue weighted by Gasteiger charge is 2.15. The summed E-state index contributed by atoms with van der Waals surface area (Å²) in [6, 6.07) is 20.2. The summed E-state index contributed by atoms with van der Waals surface area (Å²) in [5, 5.41) is 0.568. The molecule has 0 saturated heterocycles. The number of aromatic nitrogens is 3. The van der Waals surface area contributed by atoms with Gasteiger partial charge in [-0.25, -0.2) is 4.98 Å². The van der Waals surface area contributed by atoms with Crippen molar-refractivity contribution < 1.29 is 4.74 Å². The second-order valence-corrected chi connectivity index (χ2v) is 5.51. The number of ether oxygens (including phenoxy) is 1. The smallest absolute Gasteiger partial charge is 0.266 e. The van der Waals surface area contributed by atoms with E-state index in [1.165, 1.54) is 0 Å². The molecular formula is C20H15N3O2. The van der Waals surface area contributed by atoms with Gasteiger partial charge in [-0.05, 0) is 48.5 Å². The van der Waals surface area contributed by atoms with Crippen LogP contribution in [0.25, 0.3) is 28.1 Å². The van der Waals surface area contributed by atoms with E-state index in [-0.39, 0.29) is 5.56 Å². The van der Waals surface area contributed by atoms with Gasteiger partial charge >= 0.3 is 0 Å². The number of hydrogen-bond donors (Lipinski definition) is 0. The Morgan fingerprint density at radius 2 is 1.68 bits per heavy atom. The van der Waals surface area contributed by atoms with Crippen LogP contribution in [-0.4, -0.2) is 21.6 Å². The van der Waals surface area contributed by atoms with Crippen molar-refractivity contribution in [3.63, 3.8) is 0 Å². The van der Waals surface area contributed by atoms with Crippen molar-refractivity contribution in [1.29, 1.82) is 0 Å². The monoisotopic (exact) mass is 329 g/mol. The van der Waals surface area contributed by atoms with Crippen molar-refractivity contribution >= 4 is 10.9 Å². The van der Waals surface area contributed by atoms with E-state index in [0.717, 1.165) is 5.75 Å². The fraction of sp³-hybridized carbons (Fsp3) is 0.0500. The van der Waals surface area contributed by atoms with Gasteiger partial charge in [0.1, 0.15) is 11.4 Å². The molecule has 0 aliphatic carbocycles. The topological polar surface area (TPSA) is 57.0 Å². The minimum atomic E-state index is -0.128. The van der Waals surface area contributed by atoms with Crippen LogP contribution >= 0.6 is 0 Å². The van der Waals surface area contributed by atoms with Gasteiger partial charge < -0.3 is 4.74 Å². The molecule has 4 rings (SSSR count). The molecule has 0 unspecified atom stereocenters. The molecule has 5 nitrogen and oxygen atoms in total. The molecule has 4 aromatic rings. The summed E-state index contributed by atoms with van der Waals surface area (Å²) in [6.07, 6.45) is 1.69. The molecule has 0 amide bonds. The van der Waals surface area contributed by atoms with Crippen LogP contribution in [0.15, 0.2) is 77.7 Å². The maximum Gasteiger partial charge on any atom is 0.266 e. The fourth-order valence-corrected chi connectivity index (χ4v) is 2.77. The molecule has 25 heavy (non-hydrogen) atoms. The molecule has 122 valence electrons. The molecular weight excluding hydrogens is 314 g/mol. The van der Waals surface area contributed by atoms with E-state index in [1.54, 1.807) is 23.9 Å². The Morgan fingerprint density at radius 3 is 2.40 bits per heavy atom. The van der Waals surface area contributed by atoms with Crippen LogP contribution in [0.5, 0.6) is 5.75 Å². The predicted molar refractivity (Wildman–Crippen MR) is 97.1 cm³/mol. The summed E-state index contributed by atoms with van der Waals surface area (Å²) < 4.78 is 6.79. The third kappa shape index (κ3) is 2.65.